The number of aliphatic hydroxyl groups is 1. The molecule has 15 heteroatoms. The maximum atomic E-state index is 11.5. The summed E-state index contributed by atoms with van der Waals surface area (Å²) in [5.41, 5.74) is 6.66. The van der Waals surface area contributed by atoms with E-state index < -0.39 is 41.5 Å². The predicted octanol–water partition coefficient (Wildman–Crippen LogP) is 15.0. The highest BCUT2D eigenvalue weighted by molar-refractivity contribution is 6.32. The summed E-state index contributed by atoms with van der Waals surface area (Å²) in [5, 5.41) is 18.2. The van der Waals surface area contributed by atoms with Crippen molar-refractivity contribution in [1.29, 1.82) is 0 Å². The largest absolute Gasteiger partial charge is 0.387 e. The Morgan fingerprint density at radius 1 is 0.725 bits per heavy atom. The summed E-state index contributed by atoms with van der Waals surface area (Å²) in [4.78, 5) is 33.0. The van der Waals surface area contributed by atoms with Crippen molar-refractivity contribution in [3.63, 3.8) is 0 Å². The van der Waals surface area contributed by atoms with Crippen molar-refractivity contribution in [2.45, 2.75) is 193 Å². The molecule has 8 heterocycles. The lowest BCUT2D eigenvalue weighted by Gasteiger charge is -2.61. The van der Waals surface area contributed by atoms with E-state index in [0.29, 0.717) is 45.8 Å². The van der Waals surface area contributed by atoms with Gasteiger partial charge in [0.05, 0.1) is 17.9 Å². The number of hydrogen-bond donors (Lipinski definition) is 1. The molecule has 3 aromatic carbocycles. The van der Waals surface area contributed by atoms with Crippen molar-refractivity contribution in [3.8, 4) is 23.5 Å². The van der Waals surface area contributed by atoms with Crippen LogP contribution in [0.2, 0.25) is 15.1 Å². The van der Waals surface area contributed by atoms with Crippen molar-refractivity contribution in [1.82, 2.24) is 4.90 Å². The van der Waals surface area contributed by atoms with Gasteiger partial charge in [0, 0.05) is 52.7 Å². The fraction of sp³-hybridized carbons (Fsp3) is 0.646. The van der Waals surface area contributed by atoms with Crippen molar-refractivity contribution in [2.75, 3.05) is 26.2 Å². The van der Waals surface area contributed by atoms with Crippen LogP contribution in [0.3, 0.4) is 0 Å². The van der Waals surface area contributed by atoms with Gasteiger partial charge in [-0.1, -0.05) is 118 Å². The number of oxime groups is 1. The molecule has 3 unspecified atom stereocenters. The Morgan fingerprint density at radius 3 is 1.93 bits per heavy atom. The number of halogens is 3. The van der Waals surface area contributed by atoms with E-state index in [0.717, 1.165) is 135 Å². The number of rotatable bonds is 15. The van der Waals surface area contributed by atoms with Crippen LogP contribution in [0.1, 0.15) is 167 Å². The summed E-state index contributed by atoms with van der Waals surface area (Å²) in [5.74, 6) is 3.10. The number of ether oxygens (including phenoxy) is 4. The third-order valence-corrected chi connectivity index (χ3v) is 20.8. The molecule has 17 atom stereocenters. The molecule has 11 aliphatic rings. The summed E-state index contributed by atoms with van der Waals surface area (Å²) in [6, 6.07) is 17.6. The topological polar surface area (TPSA) is 119 Å². The first-order valence-electron chi connectivity index (χ1n) is 30.0. The second-order valence-electron chi connectivity index (χ2n) is 25.3. The third kappa shape index (κ3) is 10.8. The predicted molar refractivity (Wildman–Crippen MR) is 312 cm³/mol. The van der Waals surface area contributed by atoms with Gasteiger partial charge in [-0.3, -0.25) is 0 Å². The zero-order valence-electron chi connectivity index (χ0n) is 48.0. The lowest BCUT2D eigenvalue weighted by molar-refractivity contribution is -0.571. The quantitative estimate of drug-likeness (QED) is 0.0403. The maximum Gasteiger partial charge on any atom is 0.201 e. The molecule has 2 spiro atoms. The molecule has 8 aliphatic heterocycles. The summed E-state index contributed by atoms with van der Waals surface area (Å²) in [6.07, 6.45) is 18.3. The first-order chi connectivity index (χ1) is 38.4. The molecule has 3 aliphatic carbocycles. The van der Waals surface area contributed by atoms with E-state index in [1.807, 2.05) is 62.4 Å². The van der Waals surface area contributed by atoms with Crippen LogP contribution in [-0.2, 0) is 43.3 Å². The summed E-state index contributed by atoms with van der Waals surface area (Å²) >= 11 is 19.2. The van der Waals surface area contributed by atoms with E-state index in [9.17, 15) is 5.11 Å². The lowest BCUT2D eigenvalue weighted by atomic mass is 9.56. The highest BCUT2D eigenvalue weighted by Gasteiger charge is 2.71. The molecular formula is C65H83Cl3N2O10. The molecule has 4 bridgehead atoms. The Kier molecular flexibility index (Phi) is 17.4. The van der Waals surface area contributed by atoms with Gasteiger partial charge in [-0.25, -0.2) is 19.6 Å². The Bertz CT molecular complexity index is 2820. The molecule has 80 heavy (non-hydrogen) atoms. The highest BCUT2D eigenvalue weighted by Crippen LogP contribution is 2.63. The summed E-state index contributed by atoms with van der Waals surface area (Å²) in [7, 11) is 0. The normalized spacial score (nSPS) is 38.2. The summed E-state index contributed by atoms with van der Waals surface area (Å²) in [6.45, 7) is 20.2. The smallest absolute Gasteiger partial charge is 0.201 e. The molecule has 3 aromatic rings. The van der Waals surface area contributed by atoms with Gasteiger partial charge >= 0.3 is 0 Å². The minimum atomic E-state index is -0.849. The van der Waals surface area contributed by atoms with Crippen molar-refractivity contribution in [3.05, 3.63) is 91.9 Å². The van der Waals surface area contributed by atoms with Crippen LogP contribution >= 0.6 is 34.8 Å². The minimum Gasteiger partial charge on any atom is -0.387 e. The third-order valence-electron chi connectivity index (χ3n) is 20.1. The van der Waals surface area contributed by atoms with E-state index in [1.54, 1.807) is 0 Å². The molecule has 0 aromatic heterocycles. The molecule has 0 amide bonds. The van der Waals surface area contributed by atoms with Crippen LogP contribution in [0.25, 0.3) is 22.8 Å². The monoisotopic (exact) mass is 1160 g/mol. The molecule has 14 rings (SSSR count). The fourth-order valence-corrected chi connectivity index (χ4v) is 16.4. The molecule has 10 fully saturated rings. The van der Waals surface area contributed by atoms with Gasteiger partial charge in [-0.05, 0) is 195 Å². The number of fused-ring (bicyclic) bond motifs is 7. The second kappa shape index (κ2) is 23.7. The summed E-state index contributed by atoms with van der Waals surface area (Å²) < 4.78 is 27.3. The van der Waals surface area contributed by atoms with Crippen molar-refractivity contribution < 1.29 is 48.4 Å². The number of unbranched alkanes of at least 4 members (excludes halogenated alkanes) is 2. The highest BCUT2D eigenvalue weighted by atomic mass is 35.5. The average Bonchev–Trinajstić information content (AvgIpc) is 2.07. The molecule has 0 radical (unpaired) electrons. The minimum absolute atomic E-state index is 0.0741. The molecule has 12 nitrogen and oxygen atoms in total. The van der Waals surface area contributed by atoms with Gasteiger partial charge < -0.3 is 33.8 Å². The van der Waals surface area contributed by atoms with Crippen molar-refractivity contribution in [2.24, 2.45) is 52.5 Å². The van der Waals surface area contributed by atoms with Crippen LogP contribution < -0.4 is 0 Å². The average molecular weight is 1160 g/mol. The number of aliphatic hydroxyl groups excluding tert-OH is 1. The lowest BCUT2D eigenvalue weighted by Crippen LogP contribution is -2.71. The number of terminal acetylenes is 1. The first kappa shape index (κ1) is 58.7. The van der Waals surface area contributed by atoms with E-state index >= 15 is 0 Å². The van der Waals surface area contributed by atoms with Crippen LogP contribution in [0.5, 0.6) is 0 Å². The van der Waals surface area contributed by atoms with Crippen LogP contribution in [0.4, 0.5) is 0 Å². The molecule has 8 saturated heterocycles. The van der Waals surface area contributed by atoms with Crippen LogP contribution in [-0.4, -0.2) is 89.5 Å². The van der Waals surface area contributed by atoms with Gasteiger partial charge in [0.15, 0.2) is 30.4 Å². The molecular weight excluding hydrogens is 1080 g/mol. The van der Waals surface area contributed by atoms with Gasteiger partial charge in [0.1, 0.15) is 6.10 Å². The molecule has 1 N–H and O–H groups in total. The van der Waals surface area contributed by atoms with Crippen molar-refractivity contribution >= 4 is 52.2 Å². The zero-order chi connectivity index (χ0) is 56.3. The zero-order valence-corrected chi connectivity index (χ0v) is 50.3. The second-order valence-corrected chi connectivity index (χ2v) is 26.6. The van der Waals surface area contributed by atoms with E-state index in [2.05, 4.69) is 64.5 Å². The van der Waals surface area contributed by atoms with Crippen LogP contribution in [0, 0.1) is 59.7 Å². The van der Waals surface area contributed by atoms with Crippen LogP contribution in [0.15, 0.2) is 59.8 Å². The Balaban J connectivity index is 0.000000175. The Labute approximate surface area is 489 Å². The number of benzene rings is 3. The van der Waals surface area contributed by atoms with E-state index in [-0.39, 0.29) is 48.4 Å². The fourth-order valence-electron chi connectivity index (χ4n) is 15.9. The maximum absolute atomic E-state index is 11.5. The number of nitrogens with zero attached hydrogens (tertiary/aromatic N) is 2. The Hall–Kier alpha value is -3.10. The van der Waals surface area contributed by atoms with E-state index in [4.69, 9.17) is 89.7 Å². The Morgan fingerprint density at radius 2 is 1.31 bits per heavy atom. The van der Waals surface area contributed by atoms with E-state index in [1.165, 1.54) is 0 Å². The SMILES string of the molecule is C#CCO/N=C(/C[C@H]1O[C@@H]2OC3(C)CC[C@H]4[C@H](C)CC[C@@H]([C@H]1C)[C@@]24OO3)[C@H]1O[C@@H]2OC3(C)CC[C@H]4[C@H](C)CC[C@@H]([C@H]1C)[C@@]24OO3.CCCCN(CCCC)CC(O)c1cc(Cl)cc2c1-c1ccc(Cl)cc1/C2=C/c1ccc(Cl)cc1. The molecule has 434 valence electrons. The van der Waals surface area contributed by atoms with Gasteiger partial charge in [0.2, 0.25) is 11.6 Å². The number of hydrogen-bond acceptors (Lipinski definition) is 12. The van der Waals surface area contributed by atoms with Gasteiger partial charge in [-0.2, -0.15) is 0 Å². The first-order valence-corrected chi connectivity index (χ1v) is 31.1. The standard InChI is InChI=1S/C35H51NO9.C30H32Cl3NO/c1-8-17-37-36-27(29-22(5)26-12-10-20(3)24-14-16-33(7)41-31(39-29)35(24,26)45-43-33)18-28-21(4)25-11-9-19(2)23-13-15-32(6)40-30(38-28)34(23,25)44-42-32;1-3-5-13-34(14-6-4-2)19-29(35)28-18-23(33)17-27-25(15-20-7-9-21(31)10-8-20)26-16-22(32)11-12-24(26)30(27)28/h1,19-26,28-31H,9-18H2,2-7H3;7-12,15-18,29,35H,3-6,13-14,19H2,1-2H3/b36-27-;25-15-/t19-,20-,21-,22-,23+,24+,25+,26+,28-,29+,30-,31-,32?,33?,34-,35-;/m1./s1. The van der Waals surface area contributed by atoms with Gasteiger partial charge in [0.25, 0.3) is 0 Å². The molecule has 2 saturated carbocycles. The van der Waals surface area contributed by atoms with Gasteiger partial charge in [-0.15, -0.1) is 6.42 Å².